The highest BCUT2D eigenvalue weighted by atomic mass is 79.9. The number of halogens is 1. The minimum absolute atomic E-state index is 0.0982. The molecular weight excluding hydrogens is 316 g/mol. The third-order valence-corrected chi connectivity index (χ3v) is 3.16. The Balaban J connectivity index is 2.39. The molecule has 0 saturated carbocycles. The molecular formula is C12H9BrN2O4. The van der Waals surface area contributed by atoms with Crippen LogP contribution in [0.25, 0.3) is 0 Å². The van der Waals surface area contributed by atoms with E-state index in [1.165, 1.54) is 18.3 Å². The molecule has 98 valence electrons. The zero-order chi connectivity index (χ0) is 13.8. The summed E-state index contributed by atoms with van der Waals surface area (Å²) in [6, 6.07) is 7.78. The number of nitrogens with zero attached hydrogens (tertiary/aromatic N) is 2. The average molecular weight is 325 g/mol. The molecule has 0 fully saturated rings. The molecule has 19 heavy (non-hydrogen) atoms. The molecule has 2 aromatic rings. The Hall–Kier alpha value is -1.99. The molecule has 0 amide bonds. The van der Waals surface area contributed by atoms with Gasteiger partial charge in [0.2, 0.25) is 5.88 Å². The Morgan fingerprint density at radius 1 is 1.37 bits per heavy atom. The number of aromatic nitrogens is 1. The molecule has 7 heteroatoms. The molecule has 2 rings (SSSR count). The van der Waals surface area contributed by atoms with Gasteiger partial charge in [0.1, 0.15) is 4.47 Å². The minimum Gasteiger partial charge on any atom is -0.437 e. The van der Waals surface area contributed by atoms with Gasteiger partial charge in [0, 0.05) is 17.8 Å². The van der Waals surface area contributed by atoms with Crippen molar-refractivity contribution in [2.45, 2.75) is 6.61 Å². The number of aliphatic hydroxyl groups excluding tert-OH is 1. The van der Waals surface area contributed by atoms with Gasteiger partial charge in [0.15, 0.2) is 5.75 Å². The summed E-state index contributed by atoms with van der Waals surface area (Å²) in [5.41, 5.74) is 0.403. The fraction of sp³-hybridized carbons (Fsp3) is 0.0833. The third-order valence-electron chi connectivity index (χ3n) is 2.37. The average Bonchev–Trinajstić information content (AvgIpc) is 2.41. The van der Waals surface area contributed by atoms with E-state index in [0.29, 0.717) is 5.56 Å². The van der Waals surface area contributed by atoms with E-state index in [1.807, 2.05) is 0 Å². The minimum atomic E-state index is -0.512. The highest BCUT2D eigenvalue weighted by Gasteiger charge is 2.17. The maximum Gasteiger partial charge on any atom is 0.287 e. The van der Waals surface area contributed by atoms with E-state index < -0.39 is 4.92 Å². The van der Waals surface area contributed by atoms with Gasteiger partial charge < -0.3 is 9.84 Å². The van der Waals surface area contributed by atoms with E-state index in [4.69, 9.17) is 9.84 Å². The molecule has 0 saturated heterocycles. The second-order valence-electron chi connectivity index (χ2n) is 3.57. The lowest BCUT2D eigenvalue weighted by Gasteiger charge is -2.09. The highest BCUT2D eigenvalue weighted by Crippen LogP contribution is 2.36. The lowest BCUT2D eigenvalue weighted by molar-refractivity contribution is -0.385. The Morgan fingerprint density at radius 2 is 2.16 bits per heavy atom. The standard InChI is InChI=1S/C12H9BrN2O4/c13-11-9(15(17)18)4-1-5-10(11)19-12-8(7-16)3-2-6-14-12/h1-6,16H,7H2. The van der Waals surface area contributed by atoms with E-state index in [2.05, 4.69) is 20.9 Å². The number of nitro benzene ring substituents is 1. The zero-order valence-corrected chi connectivity index (χ0v) is 11.2. The summed E-state index contributed by atoms with van der Waals surface area (Å²) < 4.78 is 5.73. The largest absolute Gasteiger partial charge is 0.437 e. The Kier molecular flexibility index (Phi) is 4.08. The van der Waals surface area contributed by atoms with Crippen molar-refractivity contribution in [1.82, 2.24) is 4.98 Å². The van der Waals surface area contributed by atoms with Crippen molar-refractivity contribution in [3.63, 3.8) is 0 Å². The first-order chi connectivity index (χ1) is 9.13. The van der Waals surface area contributed by atoms with Crippen LogP contribution in [0.1, 0.15) is 5.56 Å². The first-order valence-electron chi connectivity index (χ1n) is 5.29. The van der Waals surface area contributed by atoms with Crippen LogP contribution >= 0.6 is 15.9 Å². The van der Waals surface area contributed by atoms with Gasteiger partial charge in [-0.25, -0.2) is 4.98 Å². The molecule has 1 N–H and O–H groups in total. The Morgan fingerprint density at radius 3 is 2.84 bits per heavy atom. The van der Waals surface area contributed by atoms with E-state index in [9.17, 15) is 10.1 Å². The van der Waals surface area contributed by atoms with Gasteiger partial charge in [0.25, 0.3) is 5.69 Å². The second kappa shape index (κ2) is 5.77. The number of ether oxygens (including phenoxy) is 1. The van der Waals surface area contributed by atoms with Gasteiger partial charge in [0.05, 0.1) is 11.5 Å². The molecule has 0 unspecified atom stereocenters. The number of benzene rings is 1. The zero-order valence-electron chi connectivity index (χ0n) is 9.62. The van der Waals surface area contributed by atoms with E-state index in [0.717, 1.165) is 0 Å². The van der Waals surface area contributed by atoms with Gasteiger partial charge in [-0.2, -0.15) is 0 Å². The third kappa shape index (κ3) is 2.88. The van der Waals surface area contributed by atoms with Gasteiger partial charge in [-0.15, -0.1) is 0 Å². The van der Waals surface area contributed by atoms with Crippen molar-refractivity contribution < 1.29 is 14.8 Å². The summed E-state index contributed by atoms with van der Waals surface area (Å²) in [4.78, 5) is 14.3. The van der Waals surface area contributed by atoms with Crippen LogP contribution in [0.15, 0.2) is 41.0 Å². The number of hydrogen-bond acceptors (Lipinski definition) is 5. The van der Waals surface area contributed by atoms with Crippen molar-refractivity contribution in [2.75, 3.05) is 0 Å². The quantitative estimate of drug-likeness (QED) is 0.690. The summed E-state index contributed by atoms with van der Waals surface area (Å²) in [5, 5.41) is 20.0. The lowest BCUT2D eigenvalue weighted by atomic mass is 10.3. The summed E-state index contributed by atoms with van der Waals surface area (Å²) in [5.74, 6) is 0.480. The SMILES string of the molecule is O=[N+]([O-])c1cccc(Oc2ncccc2CO)c1Br. The van der Waals surface area contributed by atoms with Crippen LogP contribution in [-0.2, 0) is 6.61 Å². The van der Waals surface area contributed by atoms with Crippen LogP contribution in [0, 0.1) is 10.1 Å². The highest BCUT2D eigenvalue weighted by molar-refractivity contribution is 9.10. The summed E-state index contributed by atoms with van der Waals surface area (Å²) in [7, 11) is 0. The summed E-state index contributed by atoms with van der Waals surface area (Å²) in [6.45, 7) is -0.226. The van der Waals surface area contributed by atoms with Crippen LogP contribution in [0.3, 0.4) is 0 Å². The molecule has 0 atom stereocenters. The van der Waals surface area contributed by atoms with E-state index >= 15 is 0 Å². The van der Waals surface area contributed by atoms with Gasteiger partial charge in [-0.3, -0.25) is 10.1 Å². The van der Waals surface area contributed by atoms with Crippen LogP contribution < -0.4 is 4.74 Å². The first-order valence-corrected chi connectivity index (χ1v) is 6.08. The van der Waals surface area contributed by atoms with Crippen LogP contribution in [0.5, 0.6) is 11.6 Å². The smallest absolute Gasteiger partial charge is 0.287 e. The molecule has 1 aromatic carbocycles. The topological polar surface area (TPSA) is 85.5 Å². The molecule has 0 radical (unpaired) electrons. The van der Waals surface area contributed by atoms with Gasteiger partial charge >= 0.3 is 0 Å². The summed E-state index contributed by atoms with van der Waals surface area (Å²) in [6.07, 6.45) is 1.51. The van der Waals surface area contributed by atoms with E-state index in [1.54, 1.807) is 18.2 Å². The second-order valence-corrected chi connectivity index (χ2v) is 4.37. The number of rotatable bonds is 4. The van der Waals surface area contributed by atoms with Crippen LogP contribution in [0.4, 0.5) is 5.69 Å². The van der Waals surface area contributed by atoms with E-state index in [-0.39, 0.29) is 28.4 Å². The number of hydrogen-bond donors (Lipinski definition) is 1. The molecule has 0 aliphatic carbocycles. The molecule has 0 bridgehead atoms. The number of aliphatic hydroxyl groups is 1. The Bertz CT molecular complexity index is 618. The van der Waals surface area contributed by atoms with Crippen LogP contribution in [-0.4, -0.2) is 15.0 Å². The van der Waals surface area contributed by atoms with Crippen molar-refractivity contribution >= 4 is 21.6 Å². The predicted octanol–water partition coefficient (Wildman–Crippen LogP) is 3.04. The van der Waals surface area contributed by atoms with Crippen molar-refractivity contribution in [3.8, 4) is 11.6 Å². The molecule has 1 heterocycles. The van der Waals surface area contributed by atoms with Gasteiger partial charge in [-0.1, -0.05) is 6.07 Å². The number of nitro groups is 1. The fourth-order valence-corrected chi connectivity index (χ4v) is 1.95. The first kappa shape index (κ1) is 13.4. The molecule has 1 aromatic heterocycles. The van der Waals surface area contributed by atoms with Crippen LogP contribution in [0.2, 0.25) is 0 Å². The van der Waals surface area contributed by atoms with Crippen molar-refractivity contribution in [3.05, 3.63) is 56.7 Å². The Labute approximate surface area is 117 Å². The van der Waals surface area contributed by atoms with Crippen molar-refractivity contribution in [1.29, 1.82) is 0 Å². The van der Waals surface area contributed by atoms with Gasteiger partial charge in [-0.05, 0) is 34.1 Å². The maximum atomic E-state index is 10.8. The fourth-order valence-electron chi connectivity index (χ4n) is 1.46. The molecule has 6 nitrogen and oxygen atoms in total. The van der Waals surface area contributed by atoms with Crippen molar-refractivity contribution in [2.24, 2.45) is 0 Å². The lowest BCUT2D eigenvalue weighted by Crippen LogP contribution is -1.96. The summed E-state index contributed by atoms with van der Waals surface area (Å²) >= 11 is 3.13. The predicted molar refractivity (Wildman–Crippen MR) is 71.0 cm³/mol. The number of pyridine rings is 1. The normalized spacial score (nSPS) is 10.2. The molecule has 0 aliphatic rings. The molecule has 0 spiro atoms. The molecule has 0 aliphatic heterocycles. The maximum absolute atomic E-state index is 10.8. The monoisotopic (exact) mass is 324 g/mol.